The molecule has 0 radical (unpaired) electrons. The van der Waals surface area contributed by atoms with Crippen LogP contribution in [0, 0.1) is 0 Å². The lowest BCUT2D eigenvalue weighted by Gasteiger charge is -2.15. The molecule has 0 saturated carbocycles. The second kappa shape index (κ2) is 5.86. The van der Waals surface area contributed by atoms with E-state index >= 15 is 0 Å². The molecule has 0 heterocycles. The summed E-state index contributed by atoms with van der Waals surface area (Å²) in [5.74, 6) is -1.28. The maximum Gasteiger partial charge on any atom is 0.323 e. The molecule has 88 valence electrons. The highest BCUT2D eigenvalue weighted by molar-refractivity contribution is 7.99. The van der Waals surface area contributed by atoms with Gasteiger partial charge in [-0.1, -0.05) is 23.9 Å². The molecule has 0 spiro atoms. The molecule has 1 rings (SSSR count). The van der Waals surface area contributed by atoms with Crippen LogP contribution in [-0.4, -0.2) is 33.3 Å². The van der Waals surface area contributed by atoms with Crippen LogP contribution in [0.1, 0.15) is 11.7 Å². The van der Waals surface area contributed by atoms with Crippen molar-refractivity contribution in [3.8, 4) is 0 Å². The molecule has 1 aromatic rings. The summed E-state index contributed by atoms with van der Waals surface area (Å²) in [5.41, 5.74) is 5.74. The number of carboxylic acids is 1. The molecule has 0 fully saturated rings. The van der Waals surface area contributed by atoms with Crippen LogP contribution in [0.15, 0.2) is 29.2 Å². The van der Waals surface area contributed by atoms with Crippen LogP contribution in [-0.2, 0) is 4.79 Å². The Morgan fingerprint density at radius 1 is 1.38 bits per heavy atom. The van der Waals surface area contributed by atoms with Crippen molar-refractivity contribution in [2.45, 2.75) is 17.0 Å². The van der Waals surface area contributed by atoms with E-state index in [1.165, 1.54) is 11.8 Å². The Hall–Kier alpha value is -1.08. The van der Waals surface area contributed by atoms with Crippen molar-refractivity contribution in [2.75, 3.05) is 5.94 Å². The Morgan fingerprint density at radius 3 is 2.38 bits per heavy atom. The summed E-state index contributed by atoms with van der Waals surface area (Å²) in [7, 11) is 0. The molecule has 0 aliphatic carbocycles. The highest BCUT2D eigenvalue weighted by Gasteiger charge is 2.23. The van der Waals surface area contributed by atoms with Gasteiger partial charge in [-0.25, -0.2) is 0 Å². The summed E-state index contributed by atoms with van der Waals surface area (Å²) >= 11 is 1.24. The molecule has 0 bridgehead atoms. The van der Waals surface area contributed by atoms with Crippen molar-refractivity contribution in [3.05, 3.63) is 29.8 Å². The first-order valence-electron chi connectivity index (χ1n) is 4.56. The molecule has 0 amide bonds. The van der Waals surface area contributed by atoms with Crippen LogP contribution in [0.2, 0.25) is 0 Å². The van der Waals surface area contributed by atoms with Crippen molar-refractivity contribution >= 4 is 17.7 Å². The summed E-state index contributed by atoms with van der Waals surface area (Å²) in [6.07, 6.45) is -1.23. The first kappa shape index (κ1) is 13.0. The smallest absolute Gasteiger partial charge is 0.323 e. The average Bonchev–Trinajstić information content (AvgIpc) is 2.28. The second-order valence-corrected chi connectivity index (χ2v) is 4.17. The number of aliphatic hydroxyl groups is 2. The molecule has 0 aliphatic heterocycles. The first-order valence-corrected chi connectivity index (χ1v) is 5.55. The number of benzene rings is 1. The molecule has 2 atom stereocenters. The Balaban J connectivity index is 2.77. The lowest BCUT2D eigenvalue weighted by Crippen LogP contribution is -2.36. The monoisotopic (exact) mass is 243 g/mol. The van der Waals surface area contributed by atoms with Gasteiger partial charge in [0.1, 0.15) is 12.1 Å². The zero-order valence-corrected chi connectivity index (χ0v) is 9.22. The van der Waals surface area contributed by atoms with Gasteiger partial charge in [-0.15, -0.1) is 0 Å². The van der Waals surface area contributed by atoms with Crippen molar-refractivity contribution in [1.29, 1.82) is 0 Å². The Bertz CT molecular complexity index is 354. The van der Waals surface area contributed by atoms with Gasteiger partial charge in [0.05, 0.1) is 5.94 Å². The van der Waals surface area contributed by atoms with Crippen molar-refractivity contribution < 1.29 is 20.1 Å². The third-order valence-electron chi connectivity index (χ3n) is 2.08. The highest BCUT2D eigenvalue weighted by Crippen LogP contribution is 2.21. The molecule has 16 heavy (non-hydrogen) atoms. The number of carboxylic acid groups (broad SMARTS) is 1. The summed E-state index contributed by atoms with van der Waals surface area (Å²) < 4.78 is 0. The molecule has 0 unspecified atom stereocenters. The molecule has 1 aromatic carbocycles. The molecule has 5 nitrogen and oxygen atoms in total. The molecule has 0 saturated heterocycles. The zero-order chi connectivity index (χ0) is 12.1. The average molecular weight is 243 g/mol. The fourth-order valence-corrected chi connectivity index (χ4v) is 1.66. The van der Waals surface area contributed by atoms with Crippen LogP contribution in [0.4, 0.5) is 0 Å². The molecule has 6 heteroatoms. The van der Waals surface area contributed by atoms with Gasteiger partial charge < -0.3 is 21.1 Å². The summed E-state index contributed by atoms with van der Waals surface area (Å²) in [6, 6.07) is 5.22. The second-order valence-electron chi connectivity index (χ2n) is 3.15. The molecular formula is C10H13NO4S. The van der Waals surface area contributed by atoms with Gasteiger partial charge in [0, 0.05) is 4.90 Å². The Morgan fingerprint density at radius 2 is 1.94 bits per heavy atom. The summed E-state index contributed by atoms with van der Waals surface area (Å²) in [5, 5.41) is 26.9. The SMILES string of the molecule is N[C@H](C(=O)O)[C@H](O)c1ccc(SCO)cc1. The molecule has 0 aromatic heterocycles. The minimum absolute atomic E-state index is 0.0312. The van der Waals surface area contributed by atoms with Crippen molar-refractivity contribution in [3.63, 3.8) is 0 Å². The molecular weight excluding hydrogens is 230 g/mol. The normalized spacial score (nSPS) is 14.4. The van der Waals surface area contributed by atoms with E-state index in [-0.39, 0.29) is 5.94 Å². The Labute approximate surface area is 96.9 Å². The maximum absolute atomic E-state index is 10.6. The largest absolute Gasteiger partial charge is 0.480 e. The zero-order valence-electron chi connectivity index (χ0n) is 8.41. The summed E-state index contributed by atoms with van der Waals surface area (Å²) in [6.45, 7) is 0. The number of nitrogens with two attached hydrogens (primary N) is 1. The lowest BCUT2D eigenvalue weighted by molar-refractivity contribution is -0.141. The number of thioether (sulfide) groups is 1. The third kappa shape index (κ3) is 3.21. The van der Waals surface area contributed by atoms with E-state index in [4.69, 9.17) is 15.9 Å². The minimum atomic E-state index is -1.34. The fourth-order valence-electron chi connectivity index (χ4n) is 1.18. The predicted octanol–water partition coefficient (Wildman–Crippen LogP) is 0.174. The van der Waals surface area contributed by atoms with Crippen molar-refractivity contribution in [1.82, 2.24) is 0 Å². The Kier molecular flexibility index (Phi) is 4.75. The third-order valence-corrected chi connectivity index (χ3v) is 2.81. The first-order chi connectivity index (χ1) is 7.56. The van der Waals surface area contributed by atoms with Gasteiger partial charge in [-0.05, 0) is 17.7 Å². The van der Waals surface area contributed by atoms with Crippen LogP contribution in [0.25, 0.3) is 0 Å². The number of hydrogen-bond acceptors (Lipinski definition) is 5. The van der Waals surface area contributed by atoms with Crippen LogP contribution in [0.3, 0.4) is 0 Å². The van der Waals surface area contributed by atoms with E-state index in [2.05, 4.69) is 0 Å². The van der Waals surface area contributed by atoms with Gasteiger partial charge in [0.15, 0.2) is 0 Å². The van der Waals surface area contributed by atoms with Gasteiger partial charge in [0.2, 0.25) is 0 Å². The van der Waals surface area contributed by atoms with Gasteiger partial charge in [0.25, 0.3) is 0 Å². The lowest BCUT2D eigenvalue weighted by atomic mass is 10.0. The van der Waals surface area contributed by atoms with Crippen molar-refractivity contribution in [2.24, 2.45) is 5.73 Å². The fraction of sp³-hybridized carbons (Fsp3) is 0.300. The van der Waals surface area contributed by atoms with E-state index in [1.54, 1.807) is 24.3 Å². The van der Waals surface area contributed by atoms with E-state index in [9.17, 15) is 9.90 Å². The number of carbonyl (C=O) groups is 1. The molecule has 0 aliphatic rings. The number of hydrogen-bond donors (Lipinski definition) is 4. The topological polar surface area (TPSA) is 104 Å². The van der Waals surface area contributed by atoms with Gasteiger partial charge >= 0.3 is 5.97 Å². The van der Waals surface area contributed by atoms with E-state index < -0.39 is 18.1 Å². The predicted molar refractivity (Wildman–Crippen MR) is 60.0 cm³/mol. The maximum atomic E-state index is 10.6. The van der Waals surface area contributed by atoms with E-state index in [1.807, 2.05) is 0 Å². The quantitative estimate of drug-likeness (QED) is 0.434. The molecule has 5 N–H and O–H groups in total. The van der Waals surface area contributed by atoms with Crippen LogP contribution < -0.4 is 5.73 Å². The minimum Gasteiger partial charge on any atom is -0.480 e. The van der Waals surface area contributed by atoms with E-state index in [0.717, 1.165) is 4.90 Å². The number of aliphatic hydroxyl groups excluding tert-OH is 2. The standard InChI is InChI=1S/C10H13NO4S/c11-8(10(14)15)9(13)6-1-3-7(4-2-6)16-5-12/h1-4,8-9,12-13H,5,11H2,(H,14,15)/t8-,9+/m0/s1. The summed E-state index contributed by atoms with van der Waals surface area (Å²) in [4.78, 5) is 11.4. The van der Waals surface area contributed by atoms with Gasteiger partial charge in [-0.3, -0.25) is 4.79 Å². The van der Waals surface area contributed by atoms with Gasteiger partial charge in [-0.2, -0.15) is 0 Å². The number of rotatable bonds is 5. The highest BCUT2D eigenvalue weighted by atomic mass is 32.2. The van der Waals surface area contributed by atoms with Crippen LogP contribution >= 0.6 is 11.8 Å². The van der Waals surface area contributed by atoms with Crippen LogP contribution in [0.5, 0.6) is 0 Å². The number of aliphatic carboxylic acids is 1. The van der Waals surface area contributed by atoms with E-state index in [0.29, 0.717) is 5.56 Å².